The number of fused-ring (bicyclic) bond motifs is 3. The van der Waals surface area contributed by atoms with Gasteiger partial charge in [0.1, 0.15) is 5.82 Å². The van der Waals surface area contributed by atoms with Crippen LogP contribution in [0.2, 0.25) is 0 Å². The Hall–Kier alpha value is -2.14. The minimum atomic E-state index is -0.252. The summed E-state index contributed by atoms with van der Waals surface area (Å²) in [5.74, 6) is -0.230. The van der Waals surface area contributed by atoms with Gasteiger partial charge in [0.05, 0.1) is 0 Å². The van der Waals surface area contributed by atoms with Crippen molar-refractivity contribution in [3.8, 4) is 0 Å². The molecule has 0 bridgehead atoms. The number of amides is 1. The van der Waals surface area contributed by atoms with Crippen molar-refractivity contribution in [2.45, 2.75) is 13.0 Å². The van der Waals surface area contributed by atoms with Crippen molar-refractivity contribution in [3.05, 3.63) is 69.6 Å². The van der Waals surface area contributed by atoms with Crippen LogP contribution in [0.1, 0.15) is 21.6 Å². The van der Waals surface area contributed by atoms with Crippen LogP contribution in [0.5, 0.6) is 0 Å². The number of carbonyl (C=O) groups is 1. The van der Waals surface area contributed by atoms with E-state index in [0.29, 0.717) is 18.7 Å². The lowest BCUT2D eigenvalue weighted by Gasteiger charge is -2.27. The number of H-pyrrole nitrogens is 1. The molecule has 1 N–H and O–H groups in total. The SMILES string of the molecule is O=C(c1cccc(Br)c1)N1CCc2[nH]c3cc(F)ccc3c2C1. The monoisotopic (exact) mass is 372 g/mol. The summed E-state index contributed by atoms with van der Waals surface area (Å²) in [4.78, 5) is 17.8. The lowest BCUT2D eigenvalue weighted by Crippen LogP contribution is -2.35. The normalized spacial score (nSPS) is 14.1. The first kappa shape index (κ1) is 14.5. The molecule has 2 heterocycles. The van der Waals surface area contributed by atoms with E-state index in [0.717, 1.165) is 33.1 Å². The van der Waals surface area contributed by atoms with Crippen molar-refractivity contribution in [1.82, 2.24) is 9.88 Å². The highest BCUT2D eigenvalue weighted by Crippen LogP contribution is 2.29. The molecule has 1 aliphatic rings. The van der Waals surface area contributed by atoms with Gasteiger partial charge in [-0.3, -0.25) is 4.79 Å². The van der Waals surface area contributed by atoms with Crippen LogP contribution in [0.4, 0.5) is 4.39 Å². The van der Waals surface area contributed by atoms with Crippen LogP contribution in [0, 0.1) is 5.82 Å². The number of aromatic amines is 1. The average molecular weight is 373 g/mol. The molecule has 1 amide bonds. The van der Waals surface area contributed by atoms with Crippen LogP contribution >= 0.6 is 15.9 Å². The Balaban J connectivity index is 1.68. The lowest BCUT2D eigenvalue weighted by atomic mass is 10.0. The minimum absolute atomic E-state index is 0.0217. The number of nitrogens with one attached hydrogen (secondary N) is 1. The second-order valence-corrected chi connectivity index (χ2v) is 6.67. The van der Waals surface area contributed by atoms with Gasteiger partial charge in [0.2, 0.25) is 0 Å². The topological polar surface area (TPSA) is 36.1 Å². The van der Waals surface area contributed by atoms with Crippen molar-refractivity contribution in [2.75, 3.05) is 6.54 Å². The van der Waals surface area contributed by atoms with Gasteiger partial charge in [-0.05, 0) is 36.4 Å². The molecule has 1 aliphatic heterocycles. The Labute approximate surface area is 141 Å². The fourth-order valence-corrected chi connectivity index (χ4v) is 3.57. The molecule has 1 aromatic heterocycles. The van der Waals surface area contributed by atoms with E-state index in [4.69, 9.17) is 0 Å². The standard InChI is InChI=1S/C18H14BrFN2O/c19-12-3-1-2-11(8-12)18(23)22-7-6-16-15(10-22)14-5-4-13(20)9-17(14)21-16/h1-5,8-9,21H,6-7,10H2. The Bertz CT molecular complexity index is 919. The van der Waals surface area contributed by atoms with Crippen molar-refractivity contribution in [2.24, 2.45) is 0 Å². The third-order valence-corrected chi connectivity index (χ3v) is 4.79. The van der Waals surface area contributed by atoms with Gasteiger partial charge in [-0.15, -0.1) is 0 Å². The first-order valence-electron chi connectivity index (χ1n) is 7.45. The fraction of sp³-hybridized carbons (Fsp3) is 0.167. The van der Waals surface area contributed by atoms with E-state index in [2.05, 4.69) is 20.9 Å². The van der Waals surface area contributed by atoms with Crippen LogP contribution in [-0.2, 0) is 13.0 Å². The molecular weight excluding hydrogens is 359 g/mol. The molecule has 4 rings (SSSR count). The molecule has 3 aromatic rings. The molecular formula is C18H14BrFN2O. The zero-order valence-electron chi connectivity index (χ0n) is 12.3. The molecule has 0 fully saturated rings. The molecule has 0 spiro atoms. The first-order chi connectivity index (χ1) is 11.1. The minimum Gasteiger partial charge on any atom is -0.358 e. The number of nitrogens with zero attached hydrogens (tertiary/aromatic N) is 1. The maximum absolute atomic E-state index is 13.4. The van der Waals surface area contributed by atoms with Crippen molar-refractivity contribution < 1.29 is 9.18 Å². The Morgan fingerprint density at radius 2 is 2.09 bits per heavy atom. The second kappa shape index (κ2) is 5.49. The van der Waals surface area contributed by atoms with Gasteiger partial charge in [0, 0.05) is 51.7 Å². The first-order valence-corrected chi connectivity index (χ1v) is 8.25. The number of aromatic nitrogens is 1. The van der Waals surface area contributed by atoms with E-state index in [1.807, 2.05) is 29.2 Å². The molecule has 0 atom stereocenters. The summed E-state index contributed by atoms with van der Waals surface area (Å²) in [7, 11) is 0. The molecule has 116 valence electrons. The smallest absolute Gasteiger partial charge is 0.254 e. The van der Waals surface area contributed by atoms with E-state index in [1.165, 1.54) is 12.1 Å². The summed E-state index contributed by atoms with van der Waals surface area (Å²) in [6.45, 7) is 1.21. The predicted molar refractivity (Wildman–Crippen MR) is 90.8 cm³/mol. The quantitative estimate of drug-likeness (QED) is 0.680. The van der Waals surface area contributed by atoms with E-state index in [9.17, 15) is 9.18 Å². The van der Waals surface area contributed by atoms with Gasteiger partial charge in [-0.2, -0.15) is 0 Å². The van der Waals surface area contributed by atoms with Crippen LogP contribution in [-0.4, -0.2) is 22.3 Å². The van der Waals surface area contributed by atoms with Gasteiger partial charge < -0.3 is 9.88 Å². The number of rotatable bonds is 1. The summed E-state index contributed by atoms with van der Waals surface area (Å²) in [5.41, 5.74) is 3.67. The predicted octanol–water partition coefficient (Wildman–Crippen LogP) is 4.27. The van der Waals surface area contributed by atoms with E-state index in [-0.39, 0.29) is 11.7 Å². The molecule has 5 heteroatoms. The number of benzene rings is 2. The third kappa shape index (κ3) is 2.55. The summed E-state index contributed by atoms with van der Waals surface area (Å²) >= 11 is 3.40. The molecule has 23 heavy (non-hydrogen) atoms. The zero-order valence-corrected chi connectivity index (χ0v) is 13.9. The highest BCUT2D eigenvalue weighted by atomic mass is 79.9. The maximum Gasteiger partial charge on any atom is 0.254 e. The molecule has 0 saturated heterocycles. The van der Waals surface area contributed by atoms with Gasteiger partial charge in [0.25, 0.3) is 5.91 Å². The van der Waals surface area contributed by atoms with Crippen LogP contribution in [0.3, 0.4) is 0 Å². The third-order valence-electron chi connectivity index (χ3n) is 4.30. The molecule has 0 radical (unpaired) electrons. The van der Waals surface area contributed by atoms with Crippen LogP contribution in [0.15, 0.2) is 46.9 Å². The molecule has 0 unspecified atom stereocenters. The Kier molecular flexibility index (Phi) is 3.45. The fourth-order valence-electron chi connectivity index (χ4n) is 3.17. The Morgan fingerprint density at radius 3 is 2.91 bits per heavy atom. The highest BCUT2D eigenvalue weighted by molar-refractivity contribution is 9.10. The average Bonchev–Trinajstić information content (AvgIpc) is 2.90. The van der Waals surface area contributed by atoms with E-state index >= 15 is 0 Å². The van der Waals surface area contributed by atoms with Gasteiger partial charge in [0.15, 0.2) is 0 Å². The summed E-state index contributed by atoms with van der Waals surface area (Å²) in [6, 6.07) is 12.2. The molecule has 0 aliphatic carbocycles. The van der Waals surface area contributed by atoms with E-state index in [1.54, 1.807) is 6.07 Å². The summed E-state index contributed by atoms with van der Waals surface area (Å²) in [6.07, 6.45) is 0.755. The molecule has 3 nitrogen and oxygen atoms in total. The second-order valence-electron chi connectivity index (χ2n) is 5.76. The van der Waals surface area contributed by atoms with Gasteiger partial charge in [-0.1, -0.05) is 22.0 Å². The zero-order chi connectivity index (χ0) is 16.0. The largest absolute Gasteiger partial charge is 0.358 e. The van der Waals surface area contributed by atoms with Gasteiger partial charge >= 0.3 is 0 Å². The lowest BCUT2D eigenvalue weighted by molar-refractivity contribution is 0.0735. The van der Waals surface area contributed by atoms with Crippen molar-refractivity contribution >= 4 is 32.7 Å². The summed E-state index contributed by atoms with van der Waals surface area (Å²) < 4.78 is 14.3. The van der Waals surface area contributed by atoms with E-state index < -0.39 is 0 Å². The molecule has 2 aromatic carbocycles. The number of hydrogen-bond donors (Lipinski definition) is 1. The molecule has 0 saturated carbocycles. The van der Waals surface area contributed by atoms with Crippen molar-refractivity contribution in [3.63, 3.8) is 0 Å². The maximum atomic E-state index is 13.4. The number of hydrogen-bond acceptors (Lipinski definition) is 1. The highest BCUT2D eigenvalue weighted by Gasteiger charge is 2.24. The van der Waals surface area contributed by atoms with Crippen molar-refractivity contribution in [1.29, 1.82) is 0 Å². The van der Waals surface area contributed by atoms with Gasteiger partial charge in [-0.25, -0.2) is 4.39 Å². The van der Waals surface area contributed by atoms with Crippen LogP contribution < -0.4 is 0 Å². The number of halogens is 2. The Morgan fingerprint density at radius 1 is 1.22 bits per heavy atom. The van der Waals surface area contributed by atoms with Crippen LogP contribution in [0.25, 0.3) is 10.9 Å². The summed E-state index contributed by atoms with van der Waals surface area (Å²) in [5, 5.41) is 0.994. The number of carbonyl (C=O) groups excluding carboxylic acids is 1.